The topological polar surface area (TPSA) is 86.6 Å². The highest BCUT2D eigenvalue weighted by molar-refractivity contribution is 6.03. The van der Waals surface area contributed by atoms with Crippen LogP contribution in [0.15, 0.2) is 42.6 Å². The van der Waals surface area contributed by atoms with Crippen LogP contribution in [0.4, 0.5) is 27.8 Å². The number of ether oxygens (including phenoxy) is 1. The van der Waals surface area contributed by atoms with Gasteiger partial charge in [0.25, 0.3) is 0 Å². The van der Waals surface area contributed by atoms with Crippen molar-refractivity contribution in [2.75, 3.05) is 31.3 Å². The third-order valence-corrected chi connectivity index (χ3v) is 10.5. The molecular weight excluding hydrogens is 667 g/mol. The van der Waals surface area contributed by atoms with Crippen LogP contribution in [-0.2, 0) is 0 Å². The van der Waals surface area contributed by atoms with Crippen molar-refractivity contribution >= 4 is 27.5 Å². The number of halogens is 5. The van der Waals surface area contributed by atoms with E-state index in [1.54, 1.807) is 0 Å². The fourth-order valence-electron chi connectivity index (χ4n) is 8.09. The Kier molecular flexibility index (Phi) is 8.39. The van der Waals surface area contributed by atoms with Crippen molar-refractivity contribution in [3.8, 4) is 35.4 Å². The monoisotopic (exact) mass is 700 g/mol. The van der Waals surface area contributed by atoms with E-state index in [0.29, 0.717) is 54.6 Å². The maximum absolute atomic E-state index is 16.9. The molecule has 5 aromatic rings. The summed E-state index contributed by atoms with van der Waals surface area (Å²) in [5, 5.41) is 13.3. The van der Waals surface area contributed by atoms with E-state index in [1.807, 2.05) is 5.01 Å². The van der Waals surface area contributed by atoms with E-state index in [4.69, 9.17) is 16.1 Å². The van der Waals surface area contributed by atoms with Gasteiger partial charge in [0.15, 0.2) is 29.1 Å². The highest BCUT2D eigenvalue weighted by atomic mass is 19.2. The zero-order chi connectivity index (χ0) is 35.4. The summed E-state index contributed by atoms with van der Waals surface area (Å²) < 4.78 is 80.3. The summed E-state index contributed by atoms with van der Waals surface area (Å²) in [6.07, 6.45) is 12.7. The van der Waals surface area contributed by atoms with Gasteiger partial charge in [0.05, 0.1) is 16.5 Å². The zero-order valence-electron chi connectivity index (χ0n) is 27.5. The number of hydrogen-bond acceptors (Lipinski definition) is 8. The van der Waals surface area contributed by atoms with Gasteiger partial charge in [-0.1, -0.05) is 18.4 Å². The first-order valence-corrected chi connectivity index (χ1v) is 17.0. The van der Waals surface area contributed by atoms with Gasteiger partial charge in [-0.2, -0.15) is 9.97 Å². The number of fused-ring (bicyclic) bond motifs is 3. The van der Waals surface area contributed by atoms with Crippen LogP contribution < -0.4 is 15.2 Å². The number of hydrogen-bond donors (Lipinski definition) is 2. The molecule has 0 saturated carbocycles. The third kappa shape index (κ3) is 5.67. The Labute approximate surface area is 290 Å². The lowest BCUT2D eigenvalue weighted by Crippen LogP contribution is -2.44. The van der Waals surface area contributed by atoms with Crippen LogP contribution in [0.2, 0.25) is 0 Å². The molecule has 0 bridgehead atoms. The van der Waals surface area contributed by atoms with Crippen LogP contribution in [0.25, 0.3) is 32.9 Å². The molecule has 2 N–H and O–H groups in total. The minimum Gasteiger partial charge on any atom is -0.508 e. The maximum atomic E-state index is 16.9. The van der Waals surface area contributed by atoms with Crippen LogP contribution >= 0.6 is 0 Å². The molecule has 2 aromatic heterocycles. The molecule has 3 saturated heterocycles. The molecule has 51 heavy (non-hydrogen) atoms. The molecule has 262 valence electrons. The lowest BCUT2D eigenvalue weighted by atomic mass is 9.95. The Morgan fingerprint density at radius 1 is 0.941 bits per heavy atom. The van der Waals surface area contributed by atoms with E-state index in [0.717, 1.165) is 44.2 Å². The van der Waals surface area contributed by atoms with Gasteiger partial charge in [0.1, 0.15) is 29.4 Å². The molecule has 3 fully saturated rings. The molecule has 2 atom stereocenters. The zero-order valence-corrected chi connectivity index (χ0v) is 27.5. The van der Waals surface area contributed by atoms with Crippen LogP contribution in [0, 0.1) is 41.4 Å². The second-order valence-corrected chi connectivity index (χ2v) is 13.5. The standard InChI is InChI=1S/C38H33F5N6O2/c1-2-24-27(39)8-7-21-15-23(50)18-25(31(21)24)34-33(43)35-26(19-44-34)36(49-14-5-3-4-12-45-49)47-37(46-35)51-20-38-10-6-13-48(38)30(9-11-38)22-16-28(40)32(42)29(41)17-22/h1,7-8,15-19,30,45,50H,3-6,9-14,20H2/t30-,38+/m0/s1. The summed E-state index contributed by atoms with van der Waals surface area (Å²) in [6.45, 7) is 2.03. The number of aromatic nitrogens is 3. The predicted molar refractivity (Wildman–Crippen MR) is 181 cm³/mol. The second-order valence-electron chi connectivity index (χ2n) is 13.5. The van der Waals surface area contributed by atoms with Crippen LogP contribution in [0.1, 0.15) is 62.1 Å². The number of nitrogens with zero attached hydrogens (tertiary/aromatic N) is 5. The van der Waals surface area contributed by atoms with Gasteiger partial charge >= 0.3 is 6.01 Å². The normalized spacial score (nSPS) is 20.9. The van der Waals surface area contributed by atoms with Crippen molar-refractivity contribution < 1.29 is 31.8 Å². The van der Waals surface area contributed by atoms with Crippen molar-refractivity contribution in [3.63, 3.8) is 0 Å². The molecule has 3 aliphatic rings. The number of phenols is 1. The molecular formula is C38H33F5N6O2. The van der Waals surface area contributed by atoms with Crippen molar-refractivity contribution in [1.29, 1.82) is 0 Å². The van der Waals surface area contributed by atoms with E-state index in [2.05, 4.69) is 26.2 Å². The Morgan fingerprint density at radius 2 is 1.76 bits per heavy atom. The fraction of sp³-hybridized carbons (Fsp3) is 0.342. The number of anilines is 1. The summed E-state index contributed by atoms with van der Waals surface area (Å²) in [7, 11) is 0. The first-order chi connectivity index (χ1) is 24.7. The van der Waals surface area contributed by atoms with Crippen molar-refractivity contribution in [1.82, 2.24) is 25.3 Å². The van der Waals surface area contributed by atoms with Gasteiger partial charge in [-0.25, -0.2) is 27.4 Å². The number of phenolic OH excluding ortho intramolecular Hbond substituents is 1. The number of aromatic hydroxyl groups is 1. The molecule has 3 aliphatic heterocycles. The Hall–Kier alpha value is -5.06. The molecule has 0 radical (unpaired) electrons. The number of terminal acetylenes is 1. The van der Waals surface area contributed by atoms with Crippen molar-refractivity contribution in [2.24, 2.45) is 0 Å². The second kappa shape index (κ2) is 12.9. The Bertz CT molecular complexity index is 2210. The van der Waals surface area contributed by atoms with E-state index >= 15 is 4.39 Å². The molecule has 0 unspecified atom stereocenters. The molecule has 5 heterocycles. The molecule has 0 spiro atoms. The molecule has 3 aromatic carbocycles. The fourth-order valence-corrected chi connectivity index (χ4v) is 8.09. The van der Waals surface area contributed by atoms with Gasteiger partial charge in [-0.05, 0) is 86.4 Å². The van der Waals surface area contributed by atoms with Gasteiger partial charge in [0, 0.05) is 36.3 Å². The largest absolute Gasteiger partial charge is 0.508 e. The Morgan fingerprint density at radius 3 is 2.57 bits per heavy atom. The van der Waals surface area contributed by atoms with Gasteiger partial charge in [-0.15, -0.1) is 6.42 Å². The third-order valence-electron chi connectivity index (χ3n) is 10.5. The first-order valence-electron chi connectivity index (χ1n) is 17.0. The van der Waals surface area contributed by atoms with Gasteiger partial charge < -0.3 is 9.84 Å². The smallest absolute Gasteiger partial charge is 0.319 e. The van der Waals surface area contributed by atoms with E-state index in [9.17, 15) is 22.7 Å². The van der Waals surface area contributed by atoms with E-state index in [-0.39, 0.29) is 52.1 Å². The lowest BCUT2D eigenvalue weighted by Gasteiger charge is -2.35. The summed E-state index contributed by atoms with van der Waals surface area (Å²) in [5.74, 6) is -2.93. The lowest BCUT2D eigenvalue weighted by molar-refractivity contribution is 0.0843. The molecule has 8 rings (SSSR count). The number of nitrogens with one attached hydrogen (secondary N) is 1. The summed E-state index contributed by atoms with van der Waals surface area (Å²) in [4.78, 5) is 15.9. The van der Waals surface area contributed by atoms with Crippen molar-refractivity contribution in [2.45, 2.75) is 56.5 Å². The quantitative estimate of drug-likeness (QED) is 0.107. The molecule has 0 amide bonds. The van der Waals surface area contributed by atoms with Gasteiger partial charge in [-0.3, -0.25) is 14.9 Å². The minimum atomic E-state index is -1.50. The van der Waals surface area contributed by atoms with Crippen LogP contribution in [0.3, 0.4) is 0 Å². The first kappa shape index (κ1) is 33.1. The maximum Gasteiger partial charge on any atom is 0.319 e. The number of hydrazine groups is 1. The van der Waals surface area contributed by atoms with Crippen LogP contribution in [0.5, 0.6) is 11.8 Å². The number of benzene rings is 3. The molecule has 13 heteroatoms. The van der Waals surface area contributed by atoms with Crippen LogP contribution in [-0.4, -0.2) is 56.7 Å². The average Bonchev–Trinajstić information content (AvgIpc) is 3.57. The van der Waals surface area contributed by atoms with Crippen molar-refractivity contribution in [3.05, 3.63) is 82.8 Å². The highest BCUT2D eigenvalue weighted by Crippen LogP contribution is 2.49. The molecule has 8 nitrogen and oxygen atoms in total. The average molecular weight is 701 g/mol. The summed E-state index contributed by atoms with van der Waals surface area (Å²) in [5.41, 5.74) is 2.92. The SMILES string of the molecule is C#Cc1c(F)ccc2cc(O)cc(-c3ncc4c(N5CCCCCN5)nc(OC[C@]56CCCN5[C@H](c5cc(F)c(F)c(F)c5)CC6)nc4c3F)c12. The minimum absolute atomic E-state index is 0.0840. The Balaban J connectivity index is 1.21. The number of rotatable bonds is 6. The van der Waals surface area contributed by atoms with E-state index in [1.165, 1.54) is 30.5 Å². The van der Waals surface area contributed by atoms with E-state index < -0.39 is 34.6 Å². The predicted octanol–water partition coefficient (Wildman–Crippen LogP) is 7.47. The molecule has 0 aliphatic carbocycles. The highest BCUT2D eigenvalue weighted by Gasteiger charge is 2.50. The summed E-state index contributed by atoms with van der Waals surface area (Å²) >= 11 is 0. The van der Waals surface area contributed by atoms with Gasteiger partial charge in [0.2, 0.25) is 0 Å². The summed E-state index contributed by atoms with van der Waals surface area (Å²) in [6, 6.07) is 7.03. The number of pyridine rings is 1.